The van der Waals surface area contributed by atoms with Crippen LogP contribution in [0.1, 0.15) is 0 Å². The van der Waals surface area contributed by atoms with E-state index in [1.807, 2.05) is 0 Å². The third-order valence-corrected chi connectivity index (χ3v) is 0.903. The Labute approximate surface area is 52.8 Å². The zero-order valence-electron chi connectivity index (χ0n) is 5.20. The first-order valence-corrected chi connectivity index (χ1v) is 2.48. The molecule has 0 aromatic rings. The van der Waals surface area contributed by atoms with Gasteiger partial charge in [0, 0.05) is 13.6 Å². The number of carbonyl (C=O) groups excluding carboxylic acids is 1. The second kappa shape index (κ2) is 3.82. The second-order valence-electron chi connectivity index (χ2n) is 1.61. The summed E-state index contributed by atoms with van der Waals surface area (Å²) in [5.74, 6) is 0. The van der Waals surface area contributed by atoms with Crippen molar-refractivity contribution in [3.05, 3.63) is 4.91 Å². The number of nitroso groups, excluding NO2 is 1. The molecule has 0 rings (SSSR count). The van der Waals surface area contributed by atoms with Gasteiger partial charge in [0.1, 0.15) is 0 Å². The fraction of sp³-hybridized carbons (Fsp3) is 0.750. The molecule has 0 bridgehead atoms. The number of hydrogen-bond acceptors (Lipinski definition) is 3. The molecule has 0 aromatic heterocycles. The SMILES string of the molecule is CN(CCN=O)C(N)=O. The van der Waals surface area contributed by atoms with Crippen LogP contribution in [-0.4, -0.2) is 31.1 Å². The number of nitrogens with zero attached hydrogens (tertiary/aromatic N) is 2. The maximum Gasteiger partial charge on any atom is 0.314 e. The first-order valence-electron chi connectivity index (χ1n) is 2.48. The molecule has 0 aliphatic carbocycles. The third-order valence-electron chi connectivity index (χ3n) is 0.903. The van der Waals surface area contributed by atoms with Crippen LogP contribution in [0.5, 0.6) is 0 Å². The minimum absolute atomic E-state index is 0.0967. The Kier molecular flexibility index (Phi) is 3.34. The lowest BCUT2D eigenvalue weighted by Crippen LogP contribution is -2.33. The number of amides is 2. The molecular formula is C4H9N3O2. The maximum atomic E-state index is 10.2. The number of primary amides is 1. The highest BCUT2D eigenvalue weighted by molar-refractivity contribution is 5.71. The molecule has 0 radical (unpaired) electrons. The average molecular weight is 131 g/mol. The van der Waals surface area contributed by atoms with E-state index in [2.05, 4.69) is 5.18 Å². The summed E-state index contributed by atoms with van der Waals surface area (Å²) in [5, 5.41) is 2.56. The van der Waals surface area contributed by atoms with Crippen LogP contribution < -0.4 is 5.73 Å². The molecule has 52 valence electrons. The molecule has 0 spiro atoms. The smallest absolute Gasteiger partial charge is 0.314 e. The number of carbonyl (C=O) groups is 1. The normalized spacial score (nSPS) is 8.56. The van der Waals surface area contributed by atoms with Gasteiger partial charge in [-0.25, -0.2) is 4.79 Å². The van der Waals surface area contributed by atoms with Crippen molar-refractivity contribution >= 4 is 6.03 Å². The predicted octanol–water partition coefficient (Wildman–Crippen LogP) is -0.237. The Balaban J connectivity index is 3.37. The van der Waals surface area contributed by atoms with E-state index in [-0.39, 0.29) is 6.54 Å². The van der Waals surface area contributed by atoms with Gasteiger partial charge in [-0.05, 0) is 0 Å². The summed E-state index contributed by atoms with van der Waals surface area (Å²) in [7, 11) is 1.51. The van der Waals surface area contributed by atoms with Crippen LogP contribution in [0.25, 0.3) is 0 Å². The van der Waals surface area contributed by atoms with Gasteiger partial charge < -0.3 is 10.6 Å². The van der Waals surface area contributed by atoms with Crippen molar-refractivity contribution in [1.29, 1.82) is 0 Å². The highest BCUT2D eigenvalue weighted by Gasteiger charge is 1.99. The highest BCUT2D eigenvalue weighted by Crippen LogP contribution is 1.79. The van der Waals surface area contributed by atoms with Gasteiger partial charge in [-0.1, -0.05) is 5.18 Å². The minimum Gasteiger partial charge on any atom is -0.351 e. The lowest BCUT2D eigenvalue weighted by molar-refractivity contribution is 0.219. The van der Waals surface area contributed by atoms with Gasteiger partial charge in [0.05, 0.1) is 6.54 Å². The fourth-order valence-corrected chi connectivity index (χ4v) is 0.301. The Morgan fingerprint density at radius 2 is 2.33 bits per heavy atom. The van der Waals surface area contributed by atoms with Crippen molar-refractivity contribution in [2.24, 2.45) is 10.9 Å². The molecule has 0 heterocycles. The number of urea groups is 1. The second-order valence-corrected chi connectivity index (χ2v) is 1.61. The fourth-order valence-electron chi connectivity index (χ4n) is 0.301. The summed E-state index contributed by atoms with van der Waals surface area (Å²) in [4.78, 5) is 20.9. The van der Waals surface area contributed by atoms with Crippen LogP contribution in [0.2, 0.25) is 0 Å². The van der Waals surface area contributed by atoms with Gasteiger partial charge in [-0.3, -0.25) is 0 Å². The van der Waals surface area contributed by atoms with Crippen LogP contribution in [0.3, 0.4) is 0 Å². The van der Waals surface area contributed by atoms with E-state index in [1.165, 1.54) is 11.9 Å². The number of rotatable bonds is 3. The standard InChI is InChI=1S/C4H9N3O2/c1-7(4(5)8)3-2-6-9/h2-3H2,1H3,(H2,5,8). The molecule has 0 fully saturated rings. The topological polar surface area (TPSA) is 75.8 Å². The molecule has 9 heavy (non-hydrogen) atoms. The van der Waals surface area contributed by atoms with E-state index < -0.39 is 6.03 Å². The van der Waals surface area contributed by atoms with Crippen molar-refractivity contribution in [2.75, 3.05) is 20.1 Å². The summed E-state index contributed by atoms with van der Waals surface area (Å²) in [6.07, 6.45) is 0. The average Bonchev–Trinajstić information content (AvgIpc) is 1.82. The lowest BCUT2D eigenvalue weighted by atomic mass is 10.6. The Morgan fingerprint density at radius 1 is 1.78 bits per heavy atom. The van der Waals surface area contributed by atoms with Crippen LogP contribution in [0.15, 0.2) is 5.18 Å². The van der Waals surface area contributed by atoms with E-state index >= 15 is 0 Å². The molecule has 0 saturated carbocycles. The largest absolute Gasteiger partial charge is 0.351 e. The summed E-state index contributed by atoms with van der Waals surface area (Å²) in [6.45, 7) is 0.387. The van der Waals surface area contributed by atoms with Gasteiger partial charge in [-0.2, -0.15) is 4.91 Å². The quantitative estimate of drug-likeness (QED) is 0.537. The van der Waals surface area contributed by atoms with Crippen LogP contribution in [0.4, 0.5) is 4.79 Å². The number of likely N-dealkylation sites (N-methyl/N-ethyl adjacent to an activating group) is 1. The van der Waals surface area contributed by atoms with Crippen molar-refractivity contribution in [2.45, 2.75) is 0 Å². The van der Waals surface area contributed by atoms with Crippen molar-refractivity contribution < 1.29 is 4.79 Å². The summed E-state index contributed by atoms with van der Waals surface area (Å²) in [6, 6.07) is -0.543. The van der Waals surface area contributed by atoms with Crippen LogP contribution in [0, 0.1) is 4.91 Å². The molecule has 0 aliphatic heterocycles. The maximum absolute atomic E-state index is 10.2. The monoisotopic (exact) mass is 131 g/mol. The van der Waals surface area contributed by atoms with Crippen LogP contribution >= 0.6 is 0 Å². The van der Waals surface area contributed by atoms with Crippen molar-refractivity contribution in [1.82, 2.24) is 4.90 Å². The van der Waals surface area contributed by atoms with Gasteiger partial charge in [0.15, 0.2) is 0 Å². The molecule has 0 unspecified atom stereocenters. The third kappa shape index (κ3) is 3.45. The minimum atomic E-state index is -0.543. The molecule has 0 aliphatic rings. The van der Waals surface area contributed by atoms with E-state index in [4.69, 9.17) is 5.73 Å². The molecule has 5 heteroatoms. The van der Waals surface area contributed by atoms with Crippen molar-refractivity contribution in [3.8, 4) is 0 Å². The molecule has 0 atom stereocenters. The zero-order chi connectivity index (χ0) is 7.28. The van der Waals surface area contributed by atoms with E-state index in [1.54, 1.807) is 0 Å². The molecule has 2 amide bonds. The molecule has 0 aromatic carbocycles. The lowest BCUT2D eigenvalue weighted by Gasteiger charge is -2.09. The van der Waals surface area contributed by atoms with Gasteiger partial charge in [0.25, 0.3) is 0 Å². The van der Waals surface area contributed by atoms with Crippen LogP contribution in [-0.2, 0) is 0 Å². The predicted molar refractivity (Wildman–Crippen MR) is 32.9 cm³/mol. The Bertz CT molecular complexity index is 114. The summed E-state index contributed by atoms with van der Waals surface area (Å²) in [5.41, 5.74) is 4.82. The first-order chi connectivity index (χ1) is 4.18. The number of hydrogen-bond donors (Lipinski definition) is 1. The van der Waals surface area contributed by atoms with Gasteiger partial charge >= 0.3 is 6.03 Å². The van der Waals surface area contributed by atoms with E-state index in [0.29, 0.717) is 6.54 Å². The highest BCUT2D eigenvalue weighted by atomic mass is 16.3. The molecule has 0 saturated heterocycles. The summed E-state index contributed by atoms with van der Waals surface area (Å²) >= 11 is 0. The van der Waals surface area contributed by atoms with E-state index in [0.717, 1.165) is 0 Å². The zero-order valence-corrected chi connectivity index (χ0v) is 5.20. The summed E-state index contributed by atoms with van der Waals surface area (Å²) < 4.78 is 0. The van der Waals surface area contributed by atoms with Gasteiger partial charge in [0.2, 0.25) is 0 Å². The molecular weight excluding hydrogens is 122 g/mol. The van der Waals surface area contributed by atoms with Gasteiger partial charge in [-0.15, -0.1) is 0 Å². The Morgan fingerprint density at radius 3 is 2.67 bits per heavy atom. The number of nitrogens with two attached hydrogens (primary N) is 1. The van der Waals surface area contributed by atoms with E-state index in [9.17, 15) is 9.70 Å². The first kappa shape index (κ1) is 7.87. The molecule has 5 nitrogen and oxygen atoms in total. The Hall–Kier alpha value is -1.13. The molecule has 2 N–H and O–H groups in total. The van der Waals surface area contributed by atoms with Crippen molar-refractivity contribution in [3.63, 3.8) is 0 Å².